The zero-order valence-electron chi connectivity index (χ0n) is 19.1. The van der Waals surface area contributed by atoms with Gasteiger partial charge in [0.2, 0.25) is 0 Å². The molecule has 2 atom stereocenters. The average molecular weight is 402 g/mol. The summed E-state index contributed by atoms with van der Waals surface area (Å²) in [6.45, 7) is 3.68. The van der Waals surface area contributed by atoms with Crippen molar-refractivity contribution in [1.82, 2.24) is 4.90 Å². The zero-order valence-corrected chi connectivity index (χ0v) is 19.1. The molecular formula is C24H51NO3. The molecule has 0 aliphatic rings. The lowest BCUT2D eigenvalue weighted by molar-refractivity contribution is 0.105. The second-order valence-electron chi connectivity index (χ2n) is 8.76. The van der Waals surface area contributed by atoms with Gasteiger partial charge in [-0.2, -0.15) is 0 Å². The first-order chi connectivity index (χ1) is 13.6. The number of aliphatic hydroxyl groups is 3. The normalized spacial score (nSPS) is 13.9. The van der Waals surface area contributed by atoms with Crippen molar-refractivity contribution in [2.75, 3.05) is 26.7 Å². The lowest BCUT2D eigenvalue weighted by atomic mass is 10.0. The maximum absolute atomic E-state index is 9.97. The molecule has 0 aromatic carbocycles. The zero-order chi connectivity index (χ0) is 20.9. The summed E-state index contributed by atoms with van der Waals surface area (Å²) in [6.07, 6.45) is 20.3. The number of hydrogen-bond acceptors (Lipinski definition) is 4. The van der Waals surface area contributed by atoms with Crippen LogP contribution < -0.4 is 0 Å². The molecule has 0 radical (unpaired) electrons. The van der Waals surface area contributed by atoms with Gasteiger partial charge in [-0.3, -0.25) is 0 Å². The molecule has 2 unspecified atom stereocenters. The molecule has 0 saturated heterocycles. The number of nitrogens with zero attached hydrogens (tertiary/aromatic N) is 1. The van der Waals surface area contributed by atoms with Crippen LogP contribution in [0.25, 0.3) is 0 Å². The molecule has 3 N–H and O–H groups in total. The monoisotopic (exact) mass is 401 g/mol. The Bertz CT molecular complexity index is 302. The Labute approximate surface area is 175 Å². The molecule has 0 bridgehead atoms. The van der Waals surface area contributed by atoms with Crippen molar-refractivity contribution in [3.63, 3.8) is 0 Å². The van der Waals surface area contributed by atoms with Gasteiger partial charge < -0.3 is 20.2 Å². The second-order valence-corrected chi connectivity index (χ2v) is 8.76. The number of rotatable bonds is 22. The predicted octanol–water partition coefficient (Wildman–Crippen LogP) is 5.28. The van der Waals surface area contributed by atoms with Crippen LogP contribution in [0, 0.1) is 0 Å². The van der Waals surface area contributed by atoms with E-state index >= 15 is 0 Å². The fourth-order valence-electron chi connectivity index (χ4n) is 3.84. The van der Waals surface area contributed by atoms with Gasteiger partial charge in [-0.25, -0.2) is 0 Å². The van der Waals surface area contributed by atoms with E-state index in [-0.39, 0.29) is 18.8 Å². The summed E-state index contributed by atoms with van der Waals surface area (Å²) in [5, 5.41) is 28.8. The van der Waals surface area contributed by atoms with E-state index in [4.69, 9.17) is 5.11 Å². The van der Waals surface area contributed by atoms with Crippen molar-refractivity contribution in [1.29, 1.82) is 0 Å². The van der Waals surface area contributed by atoms with E-state index in [2.05, 4.69) is 6.92 Å². The van der Waals surface area contributed by atoms with Crippen LogP contribution in [0.4, 0.5) is 0 Å². The Morgan fingerprint density at radius 2 is 1.00 bits per heavy atom. The third-order valence-corrected chi connectivity index (χ3v) is 5.72. The third kappa shape index (κ3) is 20.6. The number of unbranched alkanes of at least 4 members (excludes halogenated alkanes) is 12. The SMILES string of the molecule is CCCCCCC(O)CCCCCCCCCCCCC(O)CN(C)CCO. The van der Waals surface area contributed by atoms with Gasteiger partial charge in [0.1, 0.15) is 0 Å². The Morgan fingerprint density at radius 1 is 0.607 bits per heavy atom. The van der Waals surface area contributed by atoms with Crippen LogP contribution in [0.3, 0.4) is 0 Å². The van der Waals surface area contributed by atoms with E-state index in [0.717, 1.165) is 25.7 Å². The summed E-state index contributed by atoms with van der Waals surface area (Å²) in [5.74, 6) is 0. The predicted molar refractivity (Wildman–Crippen MR) is 121 cm³/mol. The van der Waals surface area contributed by atoms with Crippen molar-refractivity contribution in [3.05, 3.63) is 0 Å². The summed E-state index contributed by atoms with van der Waals surface area (Å²) >= 11 is 0. The van der Waals surface area contributed by atoms with Crippen molar-refractivity contribution in [2.24, 2.45) is 0 Å². The minimum absolute atomic E-state index is 0.0644. The molecule has 0 aliphatic carbocycles. The largest absolute Gasteiger partial charge is 0.395 e. The summed E-state index contributed by atoms with van der Waals surface area (Å²) in [6, 6.07) is 0. The third-order valence-electron chi connectivity index (χ3n) is 5.72. The van der Waals surface area contributed by atoms with Crippen LogP contribution in [-0.2, 0) is 0 Å². The van der Waals surface area contributed by atoms with Gasteiger partial charge in [-0.05, 0) is 26.3 Å². The van der Waals surface area contributed by atoms with E-state index in [0.29, 0.717) is 13.1 Å². The molecule has 0 aliphatic heterocycles. The first-order valence-corrected chi connectivity index (χ1v) is 12.3. The molecule has 4 heteroatoms. The highest BCUT2D eigenvalue weighted by Gasteiger charge is 2.07. The van der Waals surface area contributed by atoms with Crippen LogP contribution >= 0.6 is 0 Å². The van der Waals surface area contributed by atoms with Crippen molar-refractivity contribution < 1.29 is 15.3 Å². The van der Waals surface area contributed by atoms with Gasteiger partial charge in [0.25, 0.3) is 0 Å². The lowest BCUT2D eigenvalue weighted by Gasteiger charge is -2.19. The number of aliphatic hydroxyl groups excluding tert-OH is 3. The minimum Gasteiger partial charge on any atom is -0.395 e. The van der Waals surface area contributed by atoms with Gasteiger partial charge in [-0.1, -0.05) is 96.8 Å². The highest BCUT2D eigenvalue weighted by atomic mass is 16.3. The van der Waals surface area contributed by atoms with E-state index in [1.807, 2.05) is 11.9 Å². The van der Waals surface area contributed by atoms with Crippen LogP contribution in [0.1, 0.15) is 116 Å². The standard InChI is InChI=1S/C24H51NO3/c1-3-4-5-14-17-23(27)18-15-12-10-8-6-7-9-11-13-16-19-24(28)22-25(2)20-21-26/h23-24,26-28H,3-22H2,1-2H3. The van der Waals surface area contributed by atoms with E-state index in [1.54, 1.807) is 0 Å². The minimum atomic E-state index is -0.258. The molecule has 0 spiro atoms. The van der Waals surface area contributed by atoms with Gasteiger partial charge in [0, 0.05) is 13.1 Å². The average Bonchev–Trinajstić information content (AvgIpc) is 2.66. The summed E-state index contributed by atoms with van der Waals surface area (Å²) in [4.78, 5) is 1.99. The maximum Gasteiger partial charge on any atom is 0.0667 e. The lowest BCUT2D eigenvalue weighted by Crippen LogP contribution is -2.31. The van der Waals surface area contributed by atoms with E-state index in [1.165, 1.54) is 83.5 Å². The molecule has 0 fully saturated rings. The Morgan fingerprint density at radius 3 is 1.43 bits per heavy atom. The van der Waals surface area contributed by atoms with Gasteiger partial charge in [0.05, 0.1) is 18.8 Å². The molecule has 170 valence electrons. The quantitative estimate of drug-likeness (QED) is 0.216. The maximum atomic E-state index is 9.97. The molecule has 0 aromatic rings. The van der Waals surface area contributed by atoms with Crippen molar-refractivity contribution in [3.8, 4) is 0 Å². The van der Waals surface area contributed by atoms with Crippen LogP contribution in [0.5, 0.6) is 0 Å². The highest BCUT2D eigenvalue weighted by molar-refractivity contribution is 4.62. The fraction of sp³-hybridized carbons (Fsp3) is 1.00. The van der Waals surface area contributed by atoms with E-state index in [9.17, 15) is 10.2 Å². The summed E-state index contributed by atoms with van der Waals surface area (Å²) in [7, 11) is 1.94. The van der Waals surface area contributed by atoms with E-state index < -0.39 is 0 Å². The molecule has 28 heavy (non-hydrogen) atoms. The Kier molecular flexibility index (Phi) is 21.4. The first-order valence-electron chi connectivity index (χ1n) is 12.3. The fourth-order valence-corrected chi connectivity index (χ4v) is 3.84. The summed E-state index contributed by atoms with van der Waals surface area (Å²) in [5.41, 5.74) is 0. The highest BCUT2D eigenvalue weighted by Crippen LogP contribution is 2.15. The molecule has 0 saturated carbocycles. The van der Waals surface area contributed by atoms with Crippen molar-refractivity contribution >= 4 is 0 Å². The van der Waals surface area contributed by atoms with Crippen molar-refractivity contribution in [2.45, 2.75) is 128 Å². The smallest absolute Gasteiger partial charge is 0.0667 e. The van der Waals surface area contributed by atoms with Gasteiger partial charge in [-0.15, -0.1) is 0 Å². The Balaban J connectivity index is 3.23. The Hall–Kier alpha value is -0.160. The van der Waals surface area contributed by atoms with Gasteiger partial charge in [0.15, 0.2) is 0 Å². The molecule has 4 nitrogen and oxygen atoms in total. The van der Waals surface area contributed by atoms with Crippen LogP contribution in [0.15, 0.2) is 0 Å². The number of likely N-dealkylation sites (N-methyl/N-ethyl adjacent to an activating group) is 1. The number of hydrogen-bond donors (Lipinski definition) is 3. The molecular weight excluding hydrogens is 350 g/mol. The molecule has 0 aromatic heterocycles. The molecule has 0 rings (SSSR count). The first kappa shape index (κ1) is 27.8. The molecule has 0 heterocycles. The van der Waals surface area contributed by atoms with Gasteiger partial charge >= 0.3 is 0 Å². The molecule has 0 amide bonds. The second kappa shape index (κ2) is 21.5. The van der Waals surface area contributed by atoms with Crippen LogP contribution in [-0.4, -0.2) is 59.2 Å². The summed E-state index contributed by atoms with van der Waals surface area (Å²) < 4.78 is 0. The van der Waals surface area contributed by atoms with Crippen LogP contribution in [0.2, 0.25) is 0 Å². The topological polar surface area (TPSA) is 63.9 Å².